The number of nitrogens with zero attached hydrogens (tertiary/aromatic N) is 1. The lowest BCUT2D eigenvalue weighted by atomic mass is 10.1. The van der Waals surface area contributed by atoms with Crippen molar-refractivity contribution in [3.63, 3.8) is 0 Å². The second-order valence-electron chi connectivity index (χ2n) is 4.30. The molecule has 17 heavy (non-hydrogen) atoms. The zero-order valence-electron chi connectivity index (χ0n) is 10.7. The van der Waals surface area contributed by atoms with Gasteiger partial charge in [-0.05, 0) is 12.8 Å². The normalized spacial score (nSPS) is 11.2. The number of carbonyl (C=O) groups is 1. The van der Waals surface area contributed by atoms with Crippen molar-refractivity contribution in [3.05, 3.63) is 11.6 Å². The van der Waals surface area contributed by atoms with Crippen molar-refractivity contribution in [1.29, 1.82) is 5.26 Å². The first-order chi connectivity index (χ1) is 8.22. The minimum Gasteiger partial charge on any atom is -0.477 e. The molecule has 0 aliphatic carbocycles. The van der Waals surface area contributed by atoms with Crippen LogP contribution in [0, 0.1) is 11.3 Å². The van der Waals surface area contributed by atoms with Crippen LogP contribution in [0.15, 0.2) is 11.6 Å². The predicted molar refractivity (Wildman–Crippen MR) is 68.6 cm³/mol. The Morgan fingerprint density at radius 3 is 2.12 bits per heavy atom. The largest absolute Gasteiger partial charge is 0.477 e. The standard InChI is InChI=1S/C14H23NO2/c1-2-3-4-5-6-7-8-9-10-11-13(12-15)14(16)17/h11H,2-10H2,1H3,(H,16,17). The lowest BCUT2D eigenvalue weighted by molar-refractivity contribution is -0.132. The Morgan fingerprint density at radius 1 is 1.12 bits per heavy atom. The first-order valence-corrected chi connectivity index (χ1v) is 6.56. The number of hydrogen-bond acceptors (Lipinski definition) is 2. The van der Waals surface area contributed by atoms with Gasteiger partial charge >= 0.3 is 5.97 Å². The van der Waals surface area contributed by atoms with Crippen molar-refractivity contribution in [2.24, 2.45) is 0 Å². The van der Waals surface area contributed by atoms with Crippen LogP contribution in [0.1, 0.15) is 64.7 Å². The van der Waals surface area contributed by atoms with Crippen LogP contribution in [0.25, 0.3) is 0 Å². The Kier molecular flexibility index (Phi) is 10.3. The van der Waals surface area contributed by atoms with E-state index in [9.17, 15) is 4.79 Å². The number of carboxylic acid groups (broad SMARTS) is 1. The van der Waals surface area contributed by atoms with Gasteiger partial charge in [-0.3, -0.25) is 0 Å². The molecule has 0 aromatic heterocycles. The van der Waals surface area contributed by atoms with E-state index < -0.39 is 5.97 Å². The van der Waals surface area contributed by atoms with Crippen LogP contribution in [0.2, 0.25) is 0 Å². The lowest BCUT2D eigenvalue weighted by Crippen LogP contribution is -1.97. The maximum Gasteiger partial charge on any atom is 0.346 e. The van der Waals surface area contributed by atoms with Crippen LogP contribution < -0.4 is 0 Å². The molecule has 0 rings (SSSR count). The van der Waals surface area contributed by atoms with Gasteiger partial charge in [0.2, 0.25) is 0 Å². The van der Waals surface area contributed by atoms with Crippen LogP contribution in [0.5, 0.6) is 0 Å². The minimum atomic E-state index is -1.12. The molecule has 96 valence electrons. The summed E-state index contributed by atoms with van der Waals surface area (Å²) in [6.07, 6.45) is 12.1. The summed E-state index contributed by atoms with van der Waals surface area (Å²) in [6, 6.07) is 1.69. The molecule has 0 radical (unpaired) electrons. The number of rotatable bonds is 10. The number of nitriles is 1. The fourth-order valence-corrected chi connectivity index (χ4v) is 1.71. The van der Waals surface area contributed by atoms with Gasteiger partial charge in [-0.25, -0.2) is 4.79 Å². The van der Waals surface area contributed by atoms with Crippen molar-refractivity contribution in [2.45, 2.75) is 64.7 Å². The van der Waals surface area contributed by atoms with E-state index in [2.05, 4.69) is 6.92 Å². The predicted octanol–water partition coefficient (Wildman–Crippen LogP) is 4.05. The molecule has 0 bridgehead atoms. The molecule has 0 aromatic rings. The highest BCUT2D eigenvalue weighted by Crippen LogP contribution is 2.10. The molecule has 0 aliphatic heterocycles. The van der Waals surface area contributed by atoms with E-state index in [0.29, 0.717) is 6.42 Å². The molecule has 0 saturated carbocycles. The molecular weight excluding hydrogens is 214 g/mol. The molecule has 0 aliphatic rings. The van der Waals surface area contributed by atoms with Gasteiger partial charge in [0.05, 0.1) is 0 Å². The third-order valence-electron chi connectivity index (χ3n) is 2.76. The highest BCUT2D eigenvalue weighted by molar-refractivity contribution is 5.90. The fraction of sp³-hybridized carbons (Fsp3) is 0.714. The molecule has 0 fully saturated rings. The first kappa shape index (κ1) is 15.7. The topological polar surface area (TPSA) is 61.1 Å². The minimum absolute atomic E-state index is 0.132. The summed E-state index contributed by atoms with van der Waals surface area (Å²) in [7, 11) is 0. The van der Waals surface area contributed by atoms with Crippen molar-refractivity contribution in [3.8, 4) is 6.07 Å². The van der Waals surface area contributed by atoms with Gasteiger partial charge in [0.1, 0.15) is 11.6 Å². The van der Waals surface area contributed by atoms with Crippen LogP contribution in [0.4, 0.5) is 0 Å². The van der Waals surface area contributed by atoms with E-state index in [0.717, 1.165) is 12.8 Å². The Labute approximate surface area is 104 Å². The fourth-order valence-electron chi connectivity index (χ4n) is 1.71. The van der Waals surface area contributed by atoms with Crippen molar-refractivity contribution in [2.75, 3.05) is 0 Å². The highest BCUT2D eigenvalue weighted by atomic mass is 16.4. The summed E-state index contributed by atoms with van der Waals surface area (Å²) in [6.45, 7) is 2.21. The summed E-state index contributed by atoms with van der Waals surface area (Å²) in [5.41, 5.74) is -0.132. The Hall–Kier alpha value is -1.30. The van der Waals surface area contributed by atoms with Crippen LogP contribution >= 0.6 is 0 Å². The maximum atomic E-state index is 10.5. The van der Waals surface area contributed by atoms with E-state index in [1.807, 2.05) is 0 Å². The average Bonchev–Trinajstić information content (AvgIpc) is 2.31. The molecule has 3 heteroatoms. The number of aliphatic carboxylic acids is 1. The molecule has 0 heterocycles. The van der Waals surface area contributed by atoms with Gasteiger partial charge in [-0.2, -0.15) is 5.26 Å². The quantitative estimate of drug-likeness (QED) is 0.354. The average molecular weight is 237 g/mol. The van der Waals surface area contributed by atoms with Crippen LogP contribution in [0.3, 0.4) is 0 Å². The molecule has 0 saturated heterocycles. The van der Waals surface area contributed by atoms with Gasteiger partial charge < -0.3 is 5.11 Å². The van der Waals surface area contributed by atoms with Gasteiger partial charge in [-0.15, -0.1) is 0 Å². The van der Waals surface area contributed by atoms with Crippen molar-refractivity contribution < 1.29 is 9.90 Å². The lowest BCUT2D eigenvalue weighted by Gasteiger charge is -1.99. The smallest absolute Gasteiger partial charge is 0.346 e. The van der Waals surface area contributed by atoms with E-state index >= 15 is 0 Å². The number of hydrogen-bond donors (Lipinski definition) is 1. The Morgan fingerprint density at radius 2 is 1.65 bits per heavy atom. The Bertz CT molecular complexity index is 276. The summed E-state index contributed by atoms with van der Waals surface area (Å²) in [4.78, 5) is 10.5. The van der Waals surface area contributed by atoms with Gasteiger partial charge in [0.15, 0.2) is 0 Å². The maximum absolute atomic E-state index is 10.5. The summed E-state index contributed by atoms with van der Waals surface area (Å²) in [5, 5.41) is 17.1. The van der Waals surface area contributed by atoms with Gasteiger partial charge in [0.25, 0.3) is 0 Å². The number of carboxylic acids is 1. The molecule has 3 nitrogen and oxygen atoms in total. The first-order valence-electron chi connectivity index (χ1n) is 6.56. The van der Waals surface area contributed by atoms with E-state index in [4.69, 9.17) is 10.4 Å². The van der Waals surface area contributed by atoms with Crippen LogP contribution in [-0.2, 0) is 4.79 Å². The van der Waals surface area contributed by atoms with E-state index in [1.54, 1.807) is 6.07 Å². The monoisotopic (exact) mass is 237 g/mol. The van der Waals surface area contributed by atoms with E-state index in [1.165, 1.54) is 44.6 Å². The molecule has 0 atom stereocenters. The Balaban J connectivity index is 3.40. The highest BCUT2D eigenvalue weighted by Gasteiger charge is 2.03. The summed E-state index contributed by atoms with van der Waals surface area (Å²) >= 11 is 0. The van der Waals surface area contributed by atoms with Gasteiger partial charge in [-0.1, -0.05) is 57.9 Å². The third kappa shape index (κ3) is 9.62. The molecular formula is C14H23NO2. The molecule has 0 amide bonds. The second kappa shape index (κ2) is 11.2. The number of allylic oxidation sites excluding steroid dienone is 1. The molecule has 0 aromatic carbocycles. The van der Waals surface area contributed by atoms with Crippen molar-refractivity contribution in [1.82, 2.24) is 0 Å². The summed E-state index contributed by atoms with van der Waals surface area (Å²) < 4.78 is 0. The summed E-state index contributed by atoms with van der Waals surface area (Å²) in [5.74, 6) is -1.12. The third-order valence-corrected chi connectivity index (χ3v) is 2.76. The zero-order valence-corrected chi connectivity index (χ0v) is 10.7. The van der Waals surface area contributed by atoms with Crippen LogP contribution in [-0.4, -0.2) is 11.1 Å². The van der Waals surface area contributed by atoms with Gasteiger partial charge in [0, 0.05) is 0 Å². The molecule has 0 spiro atoms. The zero-order chi connectivity index (χ0) is 12.9. The molecule has 0 unspecified atom stereocenters. The van der Waals surface area contributed by atoms with E-state index in [-0.39, 0.29) is 5.57 Å². The second-order valence-corrected chi connectivity index (χ2v) is 4.30. The van der Waals surface area contributed by atoms with Crippen molar-refractivity contribution >= 4 is 5.97 Å². The number of unbranched alkanes of at least 4 members (excludes halogenated alkanes) is 8. The SMILES string of the molecule is CCCCCCCCCCC=C(C#N)C(=O)O. The molecule has 1 N–H and O–H groups in total.